The van der Waals surface area contributed by atoms with Crippen molar-refractivity contribution in [3.63, 3.8) is 0 Å². The highest BCUT2D eigenvalue weighted by atomic mass is 35.5. The van der Waals surface area contributed by atoms with Gasteiger partial charge in [-0.05, 0) is 42.7 Å². The van der Waals surface area contributed by atoms with Gasteiger partial charge in [-0.25, -0.2) is 5.43 Å². The third kappa shape index (κ3) is 5.04. The third-order valence-corrected chi connectivity index (χ3v) is 5.66. The number of hydrogen-bond donors (Lipinski definition) is 1. The van der Waals surface area contributed by atoms with Crippen LogP contribution in [0.1, 0.15) is 28.8 Å². The maximum Gasteiger partial charge on any atom is 0.255 e. The second-order valence-electron chi connectivity index (χ2n) is 6.45. The van der Waals surface area contributed by atoms with Crippen molar-refractivity contribution >= 4 is 52.8 Å². The number of likely N-dealkylation sites (tertiary alicyclic amines) is 1. The van der Waals surface area contributed by atoms with Crippen LogP contribution in [0, 0.1) is 5.92 Å². The van der Waals surface area contributed by atoms with Crippen LogP contribution >= 0.6 is 34.8 Å². The van der Waals surface area contributed by atoms with Gasteiger partial charge in [0.05, 0.1) is 26.8 Å². The van der Waals surface area contributed by atoms with E-state index in [4.69, 9.17) is 34.8 Å². The number of rotatable bonds is 4. The lowest BCUT2D eigenvalue weighted by Crippen LogP contribution is -2.42. The number of nitrogens with one attached hydrogen (secondary N) is 1. The quantitative estimate of drug-likeness (QED) is 0.558. The molecule has 0 bridgehead atoms. The fourth-order valence-corrected chi connectivity index (χ4v) is 3.53. The van der Waals surface area contributed by atoms with Crippen LogP contribution in [-0.4, -0.2) is 36.0 Å². The summed E-state index contributed by atoms with van der Waals surface area (Å²) in [6, 6.07) is 12.1. The largest absolute Gasteiger partial charge is 0.339 e. The molecule has 1 aliphatic heterocycles. The second kappa shape index (κ2) is 9.41. The van der Waals surface area contributed by atoms with Gasteiger partial charge in [0.1, 0.15) is 0 Å². The van der Waals surface area contributed by atoms with Crippen molar-refractivity contribution < 1.29 is 9.59 Å². The van der Waals surface area contributed by atoms with Gasteiger partial charge in [0.2, 0.25) is 5.91 Å². The summed E-state index contributed by atoms with van der Waals surface area (Å²) in [5.41, 5.74) is 3.77. The molecule has 8 heteroatoms. The van der Waals surface area contributed by atoms with Crippen molar-refractivity contribution in [2.45, 2.75) is 12.8 Å². The van der Waals surface area contributed by atoms with Gasteiger partial charge in [0.15, 0.2) is 0 Å². The van der Waals surface area contributed by atoms with Crippen LogP contribution < -0.4 is 5.43 Å². The Bertz CT molecular complexity index is 909. The topological polar surface area (TPSA) is 61.8 Å². The van der Waals surface area contributed by atoms with Crippen molar-refractivity contribution in [2.24, 2.45) is 11.0 Å². The molecule has 2 aromatic rings. The Hall–Kier alpha value is -2.08. The maximum atomic E-state index is 12.6. The SMILES string of the molecule is O=C(N/N=C\c1ccc(Cl)c(Cl)c1)C1CCN(C(=O)c2ccccc2Cl)CC1. The van der Waals surface area contributed by atoms with E-state index in [1.54, 1.807) is 47.4 Å². The van der Waals surface area contributed by atoms with Crippen molar-refractivity contribution in [2.75, 3.05) is 13.1 Å². The number of piperidine rings is 1. The lowest BCUT2D eigenvalue weighted by atomic mass is 9.95. The molecular formula is C20H18Cl3N3O2. The molecule has 3 rings (SSSR count). The summed E-state index contributed by atoms with van der Waals surface area (Å²) >= 11 is 17.9. The number of carbonyl (C=O) groups is 2. The van der Waals surface area contributed by atoms with Gasteiger partial charge in [0, 0.05) is 19.0 Å². The minimum Gasteiger partial charge on any atom is -0.339 e. The van der Waals surface area contributed by atoms with E-state index in [1.807, 2.05) is 0 Å². The second-order valence-corrected chi connectivity index (χ2v) is 7.68. The molecule has 0 aromatic heterocycles. The van der Waals surface area contributed by atoms with Crippen LogP contribution in [-0.2, 0) is 4.79 Å². The minimum atomic E-state index is -0.193. The number of halogens is 3. The molecule has 1 fully saturated rings. The number of benzene rings is 2. The normalized spacial score (nSPS) is 15.0. The van der Waals surface area contributed by atoms with Gasteiger partial charge in [-0.3, -0.25) is 9.59 Å². The van der Waals surface area contributed by atoms with Gasteiger partial charge >= 0.3 is 0 Å². The summed E-state index contributed by atoms with van der Waals surface area (Å²) in [6.45, 7) is 0.997. The smallest absolute Gasteiger partial charge is 0.255 e. The Kier molecular flexibility index (Phi) is 6.94. The molecule has 1 N–H and O–H groups in total. The van der Waals surface area contributed by atoms with Gasteiger partial charge < -0.3 is 4.90 Å². The summed E-state index contributed by atoms with van der Waals surface area (Å²) in [5.74, 6) is -0.468. The molecule has 0 saturated carbocycles. The highest BCUT2D eigenvalue weighted by Crippen LogP contribution is 2.23. The van der Waals surface area contributed by atoms with Crippen molar-refractivity contribution in [3.05, 3.63) is 68.7 Å². The summed E-state index contributed by atoms with van der Waals surface area (Å²) < 4.78 is 0. The highest BCUT2D eigenvalue weighted by Gasteiger charge is 2.28. The fraction of sp³-hybridized carbons (Fsp3) is 0.250. The maximum absolute atomic E-state index is 12.6. The summed E-state index contributed by atoms with van der Waals surface area (Å²) in [5, 5.41) is 5.29. The van der Waals surface area contributed by atoms with E-state index < -0.39 is 0 Å². The van der Waals surface area contributed by atoms with Gasteiger partial charge in [-0.15, -0.1) is 0 Å². The molecule has 5 nitrogen and oxygen atoms in total. The van der Waals surface area contributed by atoms with E-state index in [0.29, 0.717) is 46.6 Å². The Morgan fingerprint density at radius 1 is 1.00 bits per heavy atom. The highest BCUT2D eigenvalue weighted by molar-refractivity contribution is 6.42. The first-order valence-electron chi connectivity index (χ1n) is 8.77. The molecule has 1 saturated heterocycles. The molecule has 0 radical (unpaired) electrons. The number of hydrazone groups is 1. The zero-order chi connectivity index (χ0) is 20.1. The molecular weight excluding hydrogens is 421 g/mol. The lowest BCUT2D eigenvalue weighted by Gasteiger charge is -2.31. The van der Waals surface area contributed by atoms with E-state index in [1.165, 1.54) is 6.21 Å². The van der Waals surface area contributed by atoms with Crippen molar-refractivity contribution in [1.82, 2.24) is 10.3 Å². The van der Waals surface area contributed by atoms with Crippen LogP contribution in [0.4, 0.5) is 0 Å². The van der Waals surface area contributed by atoms with E-state index in [2.05, 4.69) is 10.5 Å². The summed E-state index contributed by atoms with van der Waals surface area (Å²) in [6.07, 6.45) is 2.66. The standard InChI is InChI=1S/C20H18Cl3N3O2/c21-16-4-2-1-3-15(16)20(28)26-9-7-14(8-10-26)19(27)25-24-12-13-5-6-17(22)18(23)11-13/h1-6,11-12,14H,7-10H2,(H,25,27)/b24-12-. The molecule has 28 heavy (non-hydrogen) atoms. The zero-order valence-corrected chi connectivity index (χ0v) is 17.1. The van der Waals surface area contributed by atoms with E-state index in [-0.39, 0.29) is 17.7 Å². The Balaban J connectivity index is 1.51. The molecule has 0 atom stereocenters. The first kappa shape index (κ1) is 20.6. The van der Waals surface area contributed by atoms with E-state index in [0.717, 1.165) is 5.56 Å². The predicted molar refractivity (Wildman–Crippen MR) is 112 cm³/mol. The number of hydrogen-bond acceptors (Lipinski definition) is 3. The average Bonchev–Trinajstić information content (AvgIpc) is 2.70. The van der Waals surface area contributed by atoms with Crippen LogP contribution in [0.5, 0.6) is 0 Å². The molecule has 0 aliphatic carbocycles. The molecule has 0 unspecified atom stereocenters. The molecule has 2 amide bonds. The van der Waals surface area contributed by atoms with Crippen LogP contribution in [0.2, 0.25) is 15.1 Å². The first-order chi connectivity index (χ1) is 13.5. The van der Waals surface area contributed by atoms with E-state index >= 15 is 0 Å². The monoisotopic (exact) mass is 437 g/mol. The van der Waals surface area contributed by atoms with Crippen LogP contribution in [0.3, 0.4) is 0 Å². The Labute approximate surface area is 178 Å². The lowest BCUT2D eigenvalue weighted by molar-refractivity contribution is -0.126. The molecule has 1 heterocycles. The average molecular weight is 439 g/mol. The number of nitrogens with zero attached hydrogens (tertiary/aromatic N) is 2. The Morgan fingerprint density at radius 3 is 2.39 bits per heavy atom. The fourth-order valence-electron chi connectivity index (χ4n) is 3.00. The minimum absolute atomic E-state index is 0.109. The summed E-state index contributed by atoms with van der Waals surface area (Å²) in [7, 11) is 0. The molecule has 1 aliphatic rings. The molecule has 2 aromatic carbocycles. The third-order valence-electron chi connectivity index (χ3n) is 4.59. The van der Waals surface area contributed by atoms with E-state index in [9.17, 15) is 9.59 Å². The van der Waals surface area contributed by atoms with Gasteiger partial charge in [-0.1, -0.05) is 53.0 Å². The predicted octanol–water partition coefficient (Wildman–Crippen LogP) is 4.65. The van der Waals surface area contributed by atoms with Gasteiger partial charge in [0.25, 0.3) is 5.91 Å². The summed E-state index contributed by atoms with van der Waals surface area (Å²) in [4.78, 5) is 26.6. The first-order valence-corrected chi connectivity index (χ1v) is 9.91. The molecule has 0 spiro atoms. The van der Waals surface area contributed by atoms with Crippen LogP contribution in [0.25, 0.3) is 0 Å². The molecule has 146 valence electrons. The zero-order valence-electron chi connectivity index (χ0n) is 14.9. The van der Waals surface area contributed by atoms with Crippen LogP contribution in [0.15, 0.2) is 47.6 Å². The van der Waals surface area contributed by atoms with Gasteiger partial charge in [-0.2, -0.15) is 5.10 Å². The number of carbonyl (C=O) groups excluding carboxylic acids is 2. The van der Waals surface area contributed by atoms with Crippen molar-refractivity contribution in [3.8, 4) is 0 Å². The Morgan fingerprint density at radius 2 is 1.71 bits per heavy atom. The number of amides is 2. The van der Waals surface area contributed by atoms with Crippen molar-refractivity contribution in [1.29, 1.82) is 0 Å².